The molecule has 0 unspecified atom stereocenters. The van der Waals surface area contributed by atoms with Crippen molar-refractivity contribution in [1.29, 1.82) is 0 Å². The minimum atomic E-state index is 0. The van der Waals surface area contributed by atoms with Crippen molar-refractivity contribution in [2.45, 2.75) is 52.4 Å². The fraction of sp³-hybridized carbons (Fsp3) is 0.133. The van der Waals surface area contributed by atoms with E-state index < -0.39 is 0 Å². The second-order valence-electron chi connectivity index (χ2n) is 16.4. The van der Waals surface area contributed by atoms with E-state index in [0.717, 1.165) is 52.4 Å². The van der Waals surface area contributed by atoms with Gasteiger partial charge in [0.25, 0.3) is 0 Å². The van der Waals surface area contributed by atoms with E-state index in [1.807, 2.05) is 155 Å². The maximum Gasteiger partial charge on any atom is 2.00 e. The summed E-state index contributed by atoms with van der Waals surface area (Å²) in [6.07, 6.45) is 0. The number of nitrogens with zero attached hydrogens (tertiary/aromatic N) is 4. The second-order valence-corrected chi connectivity index (χ2v) is 20.7. The molecule has 0 atom stereocenters. The van der Waals surface area contributed by atoms with Crippen molar-refractivity contribution in [1.82, 2.24) is 19.6 Å². The van der Waals surface area contributed by atoms with E-state index in [1.54, 1.807) is 0 Å². The van der Waals surface area contributed by atoms with Crippen LogP contribution in [0.5, 0.6) is 0 Å². The predicted octanol–water partition coefficient (Wildman–Crippen LogP) is 15.0. The van der Waals surface area contributed by atoms with Gasteiger partial charge in [0, 0.05) is 52.4 Å². The molecule has 8 rings (SSSR count). The summed E-state index contributed by atoms with van der Waals surface area (Å²) in [5, 5.41) is 0. The van der Waals surface area contributed by atoms with Crippen molar-refractivity contribution in [3.63, 3.8) is 0 Å². The molecule has 0 N–H and O–H groups in total. The summed E-state index contributed by atoms with van der Waals surface area (Å²) >= 11 is 39.7. The van der Waals surface area contributed by atoms with Gasteiger partial charge in [-0.25, -0.2) is 0 Å². The summed E-state index contributed by atoms with van der Waals surface area (Å²) < 4.78 is 2.29. The SMILES string of the molecule is S.S=C(S)N(Cc1ccccc1)Cc1ccccc1.S=C(S)N(Cc1ccccc1)Cc1ccccc1.S=C([S-])N(Cc1ccccc1)Cc1ccccc1.S=C([S-])N(Cc1ccccc1)Cc1ccccc1.[Zn+2]. The Morgan fingerprint density at radius 3 is 0.500 bits per heavy atom. The molecule has 0 aliphatic carbocycles. The van der Waals surface area contributed by atoms with Crippen LogP contribution in [0, 0.1) is 0 Å². The van der Waals surface area contributed by atoms with E-state index in [0.29, 0.717) is 17.3 Å². The molecule has 0 radical (unpaired) electrons. The van der Waals surface area contributed by atoms with Crippen molar-refractivity contribution in [2.24, 2.45) is 0 Å². The van der Waals surface area contributed by atoms with Crippen LogP contribution in [0.1, 0.15) is 44.5 Å². The Morgan fingerprint density at radius 2 is 0.392 bits per heavy atom. The van der Waals surface area contributed by atoms with Gasteiger partial charge in [-0.2, -0.15) is 13.5 Å². The quantitative estimate of drug-likeness (QED) is 0.0418. The third-order valence-electron chi connectivity index (χ3n) is 10.8. The third-order valence-corrected chi connectivity index (χ3v) is 12.9. The average molecular weight is 1190 g/mol. The summed E-state index contributed by atoms with van der Waals surface area (Å²) in [5.74, 6) is 0. The first-order chi connectivity index (χ1) is 35.0. The molecular weight excluding hydrogens is 1130 g/mol. The van der Waals surface area contributed by atoms with Gasteiger partial charge < -0.3 is 69.3 Å². The molecule has 0 saturated carbocycles. The number of thiol groups is 2. The standard InChI is InChI=1S/4C15H15NS2.H2S.Zn/c4*17-15(18)16(11-13-7-3-1-4-8-13)12-14-9-5-2-6-10-14;;/h4*1-10H,11-12H2,(H,17,18);1H2;/q;;;;;+2/p-2. The van der Waals surface area contributed by atoms with E-state index in [2.05, 4.69) is 132 Å². The van der Waals surface area contributed by atoms with Crippen LogP contribution in [0.15, 0.2) is 243 Å². The van der Waals surface area contributed by atoms with Crippen LogP contribution in [0.25, 0.3) is 0 Å². The van der Waals surface area contributed by atoms with E-state index in [-0.39, 0.29) is 33.0 Å². The van der Waals surface area contributed by atoms with Crippen molar-refractivity contribution in [3.05, 3.63) is 287 Å². The summed E-state index contributed by atoms with van der Waals surface area (Å²) in [7, 11) is 0. The number of benzene rings is 8. The molecular formula is C60H60N4S9Zn. The van der Waals surface area contributed by atoms with Gasteiger partial charge in [0.05, 0.1) is 0 Å². The van der Waals surface area contributed by atoms with Gasteiger partial charge in [0.15, 0.2) is 0 Å². The topological polar surface area (TPSA) is 13.0 Å². The molecule has 0 aliphatic heterocycles. The Morgan fingerprint density at radius 1 is 0.270 bits per heavy atom. The predicted molar refractivity (Wildman–Crippen MR) is 342 cm³/mol. The van der Waals surface area contributed by atoms with Crippen molar-refractivity contribution in [3.8, 4) is 0 Å². The fourth-order valence-corrected chi connectivity index (χ4v) is 8.24. The van der Waals surface area contributed by atoms with E-state index in [4.69, 9.17) is 74.1 Å². The van der Waals surface area contributed by atoms with Crippen molar-refractivity contribution >= 4 is 130 Å². The smallest absolute Gasteiger partial charge is 0.411 e. The average Bonchev–Trinajstić information content (AvgIpc) is 3.41. The van der Waals surface area contributed by atoms with Gasteiger partial charge in [-0.1, -0.05) is 276 Å². The van der Waals surface area contributed by atoms with Crippen LogP contribution in [-0.4, -0.2) is 36.9 Å². The number of hydrogen-bond donors (Lipinski definition) is 2. The van der Waals surface area contributed by atoms with Crippen LogP contribution in [0.2, 0.25) is 0 Å². The van der Waals surface area contributed by atoms with Gasteiger partial charge in [-0.05, 0) is 44.5 Å². The monoisotopic (exact) mass is 1190 g/mol. The molecule has 0 bridgehead atoms. The number of rotatable bonds is 16. The molecule has 14 heteroatoms. The molecule has 0 amide bonds. The fourth-order valence-electron chi connectivity index (χ4n) is 7.18. The molecule has 0 fully saturated rings. The number of hydrogen-bond acceptors (Lipinski definition) is 6. The van der Waals surface area contributed by atoms with Crippen molar-refractivity contribution < 1.29 is 19.5 Å². The molecule has 0 heterocycles. The van der Waals surface area contributed by atoms with Gasteiger partial charge >= 0.3 is 19.5 Å². The summed E-state index contributed by atoms with van der Waals surface area (Å²) in [6.45, 7) is 6.21. The van der Waals surface area contributed by atoms with Crippen molar-refractivity contribution in [2.75, 3.05) is 0 Å². The van der Waals surface area contributed by atoms with E-state index >= 15 is 0 Å². The molecule has 376 valence electrons. The summed E-state index contributed by atoms with van der Waals surface area (Å²) in [5.41, 5.74) is 9.85. The van der Waals surface area contributed by atoms with Crippen LogP contribution in [0.4, 0.5) is 0 Å². The zero-order valence-electron chi connectivity index (χ0n) is 41.1. The molecule has 74 heavy (non-hydrogen) atoms. The van der Waals surface area contributed by atoms with Gasteiger partial charge in [-0.15, -0.1) is 25.3 Å². The van der Waals surface area contributed by atoms with Crippen LogP contribution >= 0.6 is 87.6 Å². The molecule has 0 saturated heterocycles. The van der Waals surface area contributed by atoms with E-state index in [1.165, 1.54) is 44.5 Å². The first-order valence-electron chi connectivity index (χ1n) is 23.2. The molecule has 0 spiro atoms. The largest absolute Gasteiger partial charge is 2.00 e. The van der Waals surface area contributed by atoms with Gasteiger partial charge in [0.2, 0.25) is 0 Å². The molecule has 8 aromatic carbocycles. The summed E-state index contributed by atoms with van der Waals surface area (Å²) in [4.78, 5) is 8.25. The minimum absolute atomic E-state index is 0. The first kappa shape index (κ1) is 63.7. The third kappa shape index (κ3) is 25.8. The Kier molecular flexibility index (Phi) is 32.1. The zero-order chi connectivity index (χ0) is 51.2. The first-order valence-corrected chi connectivity index (χ1v) is 26.6. The van der Waals surface area contributed by atoms with Crippen LogP contribution in [0.3, 0.4) is 0 Å². The second kappa shape index (κ2) is 37.2. The molecule has 8 aromatic rings. The Balaban J connectivity index is 0.000000258. The Bertz CT molecular complexity index is 2220. The minimum Gasteiger partial charge on any atom is -0.411 e. The Hall–Kier alpha value is -4.57. The zero-order valence-corrected chi connectivity index (χ0v) is 51.7. The Labute approximate surface area is 503 Å². The van der Waals surface area contributed by atoms with Gasteiger partial charge in [-0.3, -0.25) is 0 Å². The normalized spacial score (nSPS) is 9.76. The van der Waals surface area contributed by atoms with E-state index in [9.17, 15) is 0 Å². The van der Waals surface area contributed by atoms with Crippen LogP contribution in [-0.2, 0) is 97.1 Å². The van der Waals surface area contributed by atoms with Crippen LogP contribution < -0.4 is 0 Å². The summed E-state index contributed by atoms with van der Waals surface area (Å²) in [6, 6.07) is 82.2. The maximum absolute atomic E-state index is 5.21. The number of thiocarbonyl (C=S) groups is 4. The maximum atomic E-state index is 5.21. The molecule has 0 aliphatic rings. The molecule has 4 nitrogen and oxygen atoms in total. The van der Waals surface area contributed by atoms with Gasteiger partial charge in [0.1, 0.15) is 8.64 Å². The molecule has 0 aromatic heterocycles.